The Bertz CT molecular complexity index is 183. The molecular weight excluding hydrogens is 188 g/mol. The summed E-state index contributed by atoms with van der Waals surface area (Å²) in [7, 11) is 0. The smallest absolute Gasteiger partial charge is 0.152 e. The molecule has 3 N–H and O–H groups in total. The molecule has 0 amide bonds. The lowest BCUT2D eigenvalue weighted by atomic mass is 9.85. The van der Waals surface area contributed by atoms with Crippen molar-refractivity contribution >= 4 is 5.78 Å². The molecular formula is C12H30N2O. The van der Waals surface area contributed by atoms with Crippen LogP contribution >= 0.6 is 0 Å². The Balaban J connectivity index is -0.000000464. The van der Waals surface area contributed by atoms with Gasteiger partial charge in [0, 0.05) is 8.77 Å². The molecule has 0 aromatic rings. The van der Waals surface area contributed by atoms with Gasteiger partial charge in [-0.25, -0.2) is 0 Å². The van der Waals surface area contributed by atoms with Gasteiger partial charge in [-0.2, -0.15) is 0 Å². The van der Waals surface area contributed by atoms with Crippen LogP contribution in [0.15, 0.2) is 0 Å². The van der Waals surface area contributed by atoms with E-state index >= 15 is 0 Å². The van der Waals surface area contributed by atoms with Crippen LogP contribution < -0.4 is 11.1 Å². The summed E-state index contributed by atoms with van der Waals surface area (Å²) in [5, 5.41) is 3.27. The quantitative estimate of drug-likeness (QED) is 0.762. The number of hydrogen-bond acceptors (Lipinski definition) is 3. The van der Waals surface area contributed by atoms with Gasteiger partial charge in [-0.1, -0.05) is 27.7 Å². The molecule has 0 saturated carbocycles. The zero-order chi connectivity index (χ0) is 11.8. The number of nitrogens with two attached hydrogens (primary N) is 1. The van der Waals surface area contributed by atoms with E-state index < -0.39 is 0 Å². The Morgan fingerprint density at radius 3 is 2.20 bits per heavy atom. The van der Waals surface area contributed by atoms with E-state index in [0.29, 0.717) is 5.92 Å². The van der Waals surface area contributed by atoms with Crippen LogP contribution in [-0.2, 0) is 4.79 Å². The molecule has 1 heterocycles. The van der Waals surface area contributed by atoms with Crippen LogP contribution in [0.5, 0.6) is 0 Å². The van der Waals surface area contributed by atoms with Crippen LogP contribution in [0.25, 0.3) is 0 Å². The number of rotatable bonds is 3. The van der Waals surface area contributed by atoms with Crippen molar-refractivity contribution in [2.75, 3.05) is 13.1 Å². The van der Waals surface area contributed by atoms with Crippen LogP contribution in [0, 0.1) is 11.8 Å². The maximum atomic E-state index is 11.6. The van der Waals surface area contributed by atoms with E-state index in [-0.39, 0.29) is 20.6 Å². The Labute approximate surface area is 96.8 Å². The zero-order valence-electron chi connectivity index (χ0n) is 10.5. The summed E-state index contributed by atoms with van der Waals surface area (Å²) >= 11 is 0. The van der Waals surface area contributed by atoms with Gasteiger partial charge in [0.2, 0.25) is 0 Å². The number of ketones is 1. The largest absolute Gasteiger partial charge is 0.321 e. The highest BCUT2D eigenvalue weighted by molar-refractivity contribution is 5.85. The summed E-state index contributed by atoms with van der Waals surface area (Å²) in [6.07, 6.45) is 2.08. The van der Waals surface area contributed by atoms with Gasteiger partial charge in [0.25, 0.3) is 0 Å². The molecule has 1 aliphatic rings. The third-order valence-corrected chi connectivity index (χ3v) is 2.79. The topological polar surface area (TPSA) is 55.1 Å². The lowest BCUT2D eigenvalue weighted by Gasteiger charge is -2.28. The van der Waals surface area contributed by atoms with E-state index in [9.17, 15) is 4.79 Å². The van der Waals surface area contributed by atoms with E-state index in [4.69, 9.17) is 5.73 Å². The second kappa shape index (κ2) is 7.83. The maximum absolute atomic E-state index is 11.6. The molecule has 3 nitrogen and oxygen atoms in total. The lowest BCUT2D eigenvalue weighted by Crippen LogP contribution is -2.44. The van der Waals surface area contributed by atoms with Crippen LogP contribution in [-0.4, -0.2) is 24.9 Å². The standard InChI is InChI=1S/C10H20N2O.C2H6.2H2/c1-7(2)10(13)9(11)8-3-5-12-6-4-8;1-2;;/h7-9,12H,3-6,11H2,1-2H3;1-2H3;2*1H. The zero-order valence-corrected chi connectivity index (χ0v) is 10.5. The molecule has 1 fully saturated rings. The minimum Gasteiger partial charge on any atom is -0.321 e. The molecule has 0 aromatic carbocycles. The van der Waals surface area contributed by atoms with E-state index in [2.05, 4.69) is 5.32 Å². The molecule has 0 spiro atoms. The first-order chi connectivity index (χ1) is 7.13. The fourth-order valence-corrected chi connectivity index (χ4v) is 1.82. The van der Waals surface area contributed by atoms with Crippen molar-refractivity contribution in [1.82, 2.24) is 5.32 Å². The molecule has 1 aliphatic heterocycles. The van der Waals surface area contributed by atoms with Gasteiger partial charge in [-0.15, -0.1) is 0 Å². The Morgan fingerprint density at radius 2 is 1.80 bits per heavy atom. The van der Waals surface area contributed by atoms with Crippen molar-refractivity contribution in [1.29, 1.82) is 0 Å². The molecule has 1 unspecified atom stereocenters. The minimum absolute atomic E-state index is 0. The normalized spacial score (nSPS) is 19.3. The lowest BCUT2D eigenvalue weighted by molar-refractivity contribution is -0.124. The average molecular weight is 218 g/mol. The van der Waals surface area contributed by atoms with Crippen LogP contribution in [0.1, 0.15) is 43.4 Å². The van der Waals surface area contributed by atoms with Gasteiger partial charge >= 0.3 is 0 Å². The summed E-state index contributed by atoms with van der Waals surface area (Å²) in [6.45, 7) is 9.85. The average Bonchev–Trinajstić information content (AvgIpc) is 2.31. The van der Waals surface area contributed by atoms with Crippen molar-refractivity contribution in [2.45, 2.75) is 46.6 Å². The first-order valence-corrected chi connectivity index (χ1v) is 6.13. The van der Waals surface area contributed by atoms with Crippen molar-refractivity contribution in [3.63, 3.8) is 0 Å². The summed E-state index contributed by atoms with van der Waals surface area (Å²) in [5.41, 5.74) is 5.92. The molecule has 0 aliphatic carbocycles. The van der Waals surface area contributed by atoms with Crippen molar-refractivity contribution < 1.29 is 7.65 Å². The molecule has 1 saturated heterocycles. The molecule has 15 heavy (non-hydrogen) atoms. The monoisotopic (exact) mass is 218 g/mol. The number of carbonyl (C=O) groups is 1. The maximum Gasteiger partial charge on any atom is 0.152 e. The second-order valence-corrected chi connectivity index (χ2v) is 4.17. The first-order valence-electron chi connectivity index (χ1n) is 6.13. The first kappa shape index (κ1) is 14.6. The molecule has 0 radical (unpaired) electrons. The highest BCUT2D eigenvalue weighted by Gasteiger charge is 2.27. The summed E-state index contributed by atoms with van der Waals surface area (Å²) in [5.74, 6) is 0.688. The second-order valence-electron chi connectivity index (χ2n) is 4.17. The number of Topliss-reactive ketones (excluding diaryl/α,β-unsaturated/α-hetero) is 1. The van der Waals surface area contributed by atoms with Crippen LogP contribution in [0.3, 0.4) is 0 Å². The predicted octanol–water partition coefficient (Wildman–Crippen LogP) is 2.06. The van der Waals surface area contributed by atoms with Gasteiger partial charge in [0.15, 0.2) is 5.78 Å². The molecule has 1 rings (SSSR count). The van der Waals surface area contributed by atoms with Crippen molar-refractivity contribution in [2.24, 2.45) is 17.6 Å². The summed E-state index contributed by atoms with van der Waals surface area (Å²) < 4.78 is 0. The van der Waals surface area contributed by atoms with Crippen molar-refractivity contribution in [3.05, 3.63) is 0 Å². The molecule has 0 aromatic heterocycles. The van der Waals surface area contributed by atoms with E-state index in [1.54, 1.807) is 0 Å². The van der Waals surface area contributed by atoms with Crippen LogP contribution in [0.4, 0.5) is 0 Å². The van der Waals surface area contributed by atoms with E-state index in [0.717, 1.165) is 25.9 Å². The number of carbonyl (C=O) groups excluding carboxylic acids is 1. The minimum atomic E-state index is -0.234. The number of nitrogens with one attached hydrogen (secondary N) is 1. The van der Waals surface area contributed by atoms with Crippen molar-refractivity contribution in [3.8, 4) is 0 Å². The highest BCUT2D eigenvalue weighted by atomic mass is 16.1. The number of hydrogen-bond donors (Lipinski definition) is 2. The van der Waals surface area contributed by atoms with E-state index in [1.165, 1.54) is 0 Å². The Kier molecular flexibility index (Phi) is 7.61. The SMILES string of the molecule is CC.CC(C)C(=O)C(N)C1CCNCC1.[HH].[HH]. The highest BCUT2D eigenvalue weighted by Crippen LogP contribution is 2.17. The van der Waals surface area contributed by atoms with Gasteiger partial charge in [0.1, 0.15) is 0 Å². The predicted molar refractivity (Wildman–Crippen MR) is 69.0 cm³/mol. The fourth-order valence-electron chi connectivity index (χ4n) is 1.82. The van der Waals surface area contributed by atoms with Gasteiger partial charge in [-0.3, -0.25) is 4.79 Å². The van der Waals surface area contributed by atoms with Crippen LogP contribution in [0.2, 0.25) is 0 Å². The number of piperidine rings is 1. The Morgan fingerprint density at radius 1 is 1.33 bits per heavy atom. The fraction of sp³-hybridized carbons (Fsp3) is 0.917. The summed E-state index contributed by atoms with van der Waals surface area (Å²) in [6, 6.07) is -0.234. The van der Waals surface area contributed by atoms with Gasteiger partial charge in [-0.05, 0) is 31.8 Å². The molecule has 3 heteroatoms. The molecule has 1 atom stereocenters. The van der Waals surface area contributed by atoms with Gasteiger partial charge in [0.05, 0.1) is 6.04 Å². The van der Waals surface area contributed by atoms with Gasteiger partial charge < -0.3 is 11.1 Å². The molecule has 0 bridgehead atoms. The summed E-state index contributed by atoms with van der Waals surface area (Å²) in [4.78, 5) is 11.6. The van der Waals surface area contributed by atoms with E-state index in [1.807, 2.05) is 27.7 Å². The third-order valence-electron chi connectivity index (χ3n) is 2.79. The Hall–Kier alpha value is -0.410. The molecule has 94 valence electrons. The third kappa shape index (κ3) is 4.76.